The van der Waals surface area contributed by atoms with Crippen LogP contribution < -0.4 is 0 Å². The first kappa shape index (κ1) is 8.51. The van der Waals surface area contributed by atoms with E-state index in [4.69, 9.17) is 0 Å². The molecule has 1 saturated carbocycles. The number of carbonyl (C=O) groups excluding carboxylic acids is 1. The molecule has 0 aliphatic heterocycles. The molecule has 1 nitrogen and oxygen atoms in total. The molecule has 1 aliphatic rings. The van der Waals surface area contributed by atoms with Crippen molar-refractivity contribution in [3.8, 4) is 0 Å². The van der Waals surface area contributed by atoms with Crippen LogP contribution >= 0.6 is 0 Å². The molecule has 1 aliphatic carbocycles. The van der Waals surface area contributed by atoms with Gasteiger partial charge in [0.1, 0.15) is 5.78 Å². The van der Waals surface area contributed by atoms with Gasteiger partial charge in [-0.15, -0.1) is 6.58 Å². The maximum atomic E-state index is 11.3. The molecule has 1 rings (SSSR count). The summed E-state index contributed by atoms with van der Waals surface area (Å²) in [6, 6.07) is 0. The summed E-state index contributed by atoms with van der Waals surface area (Å²) >= 11 is 0. The molecular formula is C10H16O. The van der Waals surface area contributed by atoms with Crippen molar-refractivity contribution in [3.05, 3.63) is 12.7 Å². The Bertz CT molecular complexity index is 160. The van der Waals surface area contributed by atoms with E-state index in [1.54, 1.807) is 0 Å². The van der Waals surface area contributed by atoms with Crippen LogP contribution in [0.2, 0.25) is 0 Å². The first-order valence-corrected chi connectivity index (χ1v) is 4.43. The summed E-state index contributed by atoms with van der Waals surface area (Å²) in [4.78, 5) is 11.3. The molecule has 0 aromatic carbocycles. The Morgan fingerprint density at radius 3 is 3.00 bits per heavy atom. The molecule has 0 amide bonds. The molecule has 1 fully saturated rings. The van der Waals surface area contributed by atoms with E-state index in [1.165, 1.54) is 0 Å². The maximum Gasteiger partial charge on any atom is 0.136 e. The van der Waals surface area contributed by atoms with Crippen molar-refractivity contribution in [2.24, 2.45) is 11.8 Å². The normalized spacial score (nSPS) is 28.1. The second-order valence-corrected chi connectivity index (χ2v) is 3.34. The second kappa shape index (κ2) is 3.70. The van der Waals surface area contributed by atoms with Gasteiger partial charge in [-0.2, -0.15) is 0 Å². The minimum atomic E-state index is 0.396. The predicted molar refractivity (Wildman–Crippen MR) is 46.3 cm³/mol. The van der Waals surface area contributed by atoms with Crippen LogP contribution in [0, 0.1) is 11.8 Å². The van der Waals surface area contributed by atoms with Gasteiger partial charge in [0, 0.05) is 12.3 Å². The third kappa shape index (κ3) is 2.18. The number of allylic oxidation sites excluding steroid dienone is 1. The van der Waals surface area contributed by atoms with Crippen LogP contribution in [0.4, 0.5) is 0 Å². The van der Waals surface area contributed by atoms with Crippen LogP contribution in [0.1, 0.15) is 32.6 Å². The van der Waals surface area contributed by atoms with Gasteiger partial charge in [-0.25, -0.2) is 0 Å². The van der Waals surface area contributed by atoms with Gasteiger partial charge >= 0.3 is 0 Å². The molecule has 0 bridgehead atoms. The molecule has 0 aromatic heterocycles. The molecule has 0 spiro atoms. The molecule has 0 saturated heterocycles. The van der Waals surface area contributed by atoms with Crippen molar-refractivity contribution in [2.75, 3.05) is 0 Å². The van der Waals surface area contributed by atoms with Crippen molar-refractivity contribution >= 4 is 5.78 Å². The lowest BCUT2D eigenvalue weighted by molar-refractivity contribution is -0.120. The minimum absolute atomic E-state index is 0.396. The molecule has 0 N–H and O–H groups in total. The highest BCUT2D eigenvalue weighted by Gasteiger charge is 2.40. The van der Waals surface area contributed by atoms with Gasteiger partial charge in [0.05, 0.1) is 0 Å². The summed E-state index contributed by atoms with van der Waals surface area (Å²) in [5.41, 5.74) is 0. The predicted octanol–water partition coefficient (Wildman–Crippen LogP) is 2.57. The summed E-state index contributed by atoms with van der Waals surface area (Å²) in [7, 11) is 0. The fourth-order valence-electron chi connectivity index (χ4n) is 1.55. The number of ketones is 1. The molecule has 62 valence electrons. The van der Waals surface area contributed by atoms with E-state index in [-0.39, 0.29) is 0 Å². The fraction of sp³-hybridized carbons (Fsp3) is 0.700. The average Bonchev–Trinajstić information content (AvgIpc) is 2.69. The lowest BCUT2D eigenvalue weighted by Gasteiger charge is -1.94. The molecule has 0 heterocycles. The van der Waals surface area contributed by atoms with E-state index in [2.05, 4.69) is 13.5 Å². The van der Waals surface area contributed by atoms with Crippen LogP contribution in [-0.2, 0) is 4.79 Å². The number of hydrogen-bond acceptors (Lipinski definition) is 1. The van der Waals surface area contributed by atoms with Gasteiger partial charge in [-0.05, 0) is 25.2 Å². The summed E-state index contributed by atoms with van der Waals surface area (Å²) in [5, 5.41) is 0. The van der Waals surface area contributed by atoms with Crippen LogP contribution in [0.25, 0.3) is 0 Å². The Balaban J connectivity index is 2.20. The third-order valence-corrected chi connectivity index (χ3v) is 2.30. The summed E-state index contributed by atoms with van der Waals surface area (Å²) in [5.74, 6) is 1.51. The van der Waals surface area contributed by atoms with E-state index >= 15 is 0 Å². The first-order valence-electron chi connectivity index (χ1n) is 4.43. The first-order chi connectivity index (χ1) is 5.29. The number of rotatable bonds is 5. The molecular weight excluding hydrogens is 136 g/mol. The molecule has 2 atom stereocenters. The number of carbonyl (C=O) groups is 1. The molecule has 0 aromatic rings. The van der Waals surface area contributed by atoms with E-state index in [9.17, 15) is 4.79 Å². The lowest BCUT2D eigenvalue weighted by Crippen LogP contribution is -2.00. The van der Waals surface area contributed by atoms with Gasteiger partial charge in [0.2, 0.25) is 0 Å². The van der Waals surface area contributed by atoms with Gasteiger partial charge < -0.3 is 0 Å². The Hall–Kier alpha value is -0.590. The second-order valence-electron chi connectivity index (χ2n) is 3.34. The van der Waals surface area contributed by atoms with E-state index in [1.807, 2.05) is 6.08 Å². The summed E-state index contributed by atoms with van der Waals surface area (Å²) in [6.07, 6.45) is 5.84. The Morgan fingerprint density at radius 1 is 1.73 bits per heavy atom. The van der Waals surface area contributed by atoms with E-state index in [0.717, 1.165) is 25.7 Å². The summed E-state index contributed by atoms with van der Waals surface area (Å²) in [6.45, 7) is 5.73. The van der Waals surface area contributed by atoms with Crippen molar-refractivity contribution in [1.82, 2.24) is 0 Å². The van der Waals surface area contributed by atoms with Crippen LogP contribution in [0.3, 0.4) is 0 Å². The summed E-state index contributed by atoms with van der Waals surface area (Å²) < 4.78 is 0. The average molecular weight is 152 g/mol. The highest BCUT2D eigenvalue weighted by atomic mass is 16.1. The lowest BCUT2D eigenvalue weighted by atomic mass is 10.1. The fourth-order valence-corrected chi connectivity index (χ4v) is 1.55. The van der Waals surface area contributed by atoms with Gasteiger partial charge in [0.15, 0.2) is 0 Å². The zero-order chi connectivity index (χ0) is 8.27. The topological polar surface area (TPSA) is 17.1 Å². The van der Waals surface area contributed by atoms with Crippen molar-refractivity contribution < 1.29 is 4.79 Å². The van der Waals surface area contributed by atoms with Gasteiger partial charge in [-0.1, -0.05) is 13.0 Å². The Kier molecular flexibility index (Phi) is 2.86. The Morgan fingerprint density at radius 2 is 2.45 bits per heavy atom. The minimum Gasteiger partial charge on any atom is -0.299 e. The maximum absolute atomic E-state index is 11.3. The highest BCUT2D eigenvalue weighted by molar-refractivity contribution is 5.83. The highest BCUT2D eigenvalue weighted by Crippen LogP contribution is 2.42. The van der Waals surface area contributed by atoms with Crippen LogP contribution in [0.15, 0.2) is 12.7 Å². The van der Waals surface area contributed by atoms with E-state index < -0.39 is 0 Å². The SMILES string of the molecule is C=CCC1C[C@@H]1C(=O)CCC. The Labute approximate surface area is 68.5 Å². The largest absolute Gasteiger partial charge is 0.299 e. The van der Waals surface area contributed by atoms with Crippen molar-refractivity contribution in [1.29, 1.82) is 0 Å². The third-order valence-electron chi connectivity index (χ3n) is 2.30. The van der Waals surface area contributed by atoms with E-state index in [0.29, 0.717) is 17.6 Å². The zero-order valence-corrected chi connectivity index (χ0v) is 7.18. The van der Waals surface area contributed by atoms with Crippen LogP contribution in [-0.4, -0.2) is 5.78 Å². The molecule has 1 heteroatoms. The smallest absolute Gasteiger partial charge is 0.136 e. The van der Waals surface area contributed by atoms with Gasteiger partial charge in [-0.3, -0.25) is 4.79 Å². The van der Waals surface area contributed by atoms with Crippen molar-refractivity contribution in [2.45, 2.75) is 32.6 Å². The van der Waals surface area contributed by atoms with Crippen molar-refractivity contribution in [3.63, 3.8) is 0 Å². The van der Waals surface area contributed by atoms with Crippen LogP contribution in [0.5, 0.6) is 0 Å². The van der Waals surface area contributed by atoms with Gasteiger partial charge in [0.25, 0.3) is 0 Å². The molecule has 0 radical (unpaired) electrons. The molecule has 1 unspecified atom stereocenters. The molecule has 11 heavy (non-hydrogen) atoms. The number of Topliss-reactive ketones (excluding diaryl/α,β-unsaturated/α-hetero) is 1. The monoisotopic (exact) mass is 152 g/mol. The quantitative estimate of drug-likeness (QED) is 0.553. The number of hydrogen-bond donors (Lipinski definition) is 0. The standard InChI is InChI=1S/C10H16O/c1-3-5-8-7-9(8)10(11)6-4-2/h3,8-9H,1,4-7H2,2H3/t8?,9-/m0/s1. The zero-order valence-electron chi connectivity index (χ0n) is 7.18.